The highest BCUT2D eigenvalue weighted by atomic mass is 35.5. The van der Waals surface area contributed by atoms with Crippen LogP contribution in [0.2, 0.25) is 5.02 Å². The number of benzene rings is 1. The van der Waals surface area contributed by atoms with E-state index in [-0.39, 0.29) is 27.7 Å². The zero-order chi connectivity index (χ0) is 24.7. The number of rotatable bonds is 6. The third-order valence-electron chi connectivity index (χ3n) is 3.92. The molecule has 8 nitrogen and oxygen atoms in total. The van der Waals surface area contributed by atoms with Gasteiger partial charge in [0.05, 0.1) is 43.4 Å². The van der Waals surface area contributed by atoms with Crippen molar-refractivity contribution in [2.24, 2.45) is 5.73 Å². The van der Waals surface area contributed by atoms with E-state index in [4.69, 9.17) is 29.5 Å². The summed E-state index contributed by atoms with van der Waals surface area (Å²) in [6.07, 6.45) is -0.0130. The molecule has 0 aliphatic rings. The van der Waals surface area contributed by atoms with Crippen LogP contribution in [0.3, 0.4) is 0 Å². The molecule has 1 aromatic carbocycles. The van der Waals surface area contributed by atoms with Crippen LogP contribution >= 0.6 is 11.6 Å². The van der Waals surface area contributed by atoms with Crippen molar-refractivity contribution in [3.63, 3.8) is 0 Å². The number of primary amides is 1. The van der Waals surface area contributed by atoms with E-state index in [0.717, 1.165) is 15.4 Å². The predicted molar refractivity (Wildman–Crippen MR) is 103 cm³/mol. The Labute approximate surface area is 173 Å². The molecule has 0 radical (unpaired) electrons. The van der Waals surface area contributed by atoms with Gasteiger partial charge in [-0.15, -0.1) is 0 Å². The lowest BCUT2D eigenvalue weighted by atomic mass is 10.1. The van der Waals surface area contributed by atoms with Crippen LogP contribution < -0.4 is 5.73 Å². The van der Waals surface area contributed by atoms with Crippen molar-refractivity contribution in [3.8, 4) is 17.3 Å². The van der Waals surface area contributed by atoms with E-state index in [9.17, 15) is 9.90 Å². The highest BCUT2D eigenvalue weighted by molar-refractivity contribution is 6.32. The van der Waals surface area contributed by atoms with Gasteiger partial charge in [0.15, 0.2) is 0 Å². The fourth-order valence-electron chi connectivity index (χ4n) is 2.54. The van der Waals surface area contributed by atoms with Crippen LogP contribution in [0.4, 0.5) is 0 Å². The van der Waals surface area contributed by atoms with Gasteiger partial charge in [0.1, 0.15) is 11.8 Å². The first-order valence-corrected chi connectivity index (χ1v) is 8.48. The lowest BCUT2D eigenvalue weighted by molar-refractivity contribution is 0.0994. The molecule has 2 aromatic heterocycles. The minimum Gasteiger partial charge on any atom is -0.387 e. The summed E-state index contributed by atoms with van der Waals surface area (Å²) in [6.45, 7) is -4.33. The first kappa shape index (κ1) is 13.9. The van der Waals surface area contributed by atoms with E-state index in [0.29, 0.717) is 5.56 Å². The Hall–Kier alpha value is -3.15. The predicted octanol–water partition coefficient (Wildman–Crippen LogP) is 2.69. The standard InChI is InChI=1S/C19H19ClN6O2/c1-11(26-18(12(2)27)8-17(24-26)19(22)28)10-25-6-5-16(23-25)13-3-4-14(9-21)15(20)7-13/h3-8,11-12,27H,10H2,1-2H3,(H2,22,28)/t11-,12?/m0/s1/i1D3,10D2. The number of carbonyl (C=O) groups is 1. The van der Waals surface area contributed by atoms with Crippen LogP contribution in [0, 0.1) is 11.3 Å². The maximum atomic E-state index is 11.6. The van der Waals surface area contributed by atoms with Crippen LogP contribution in [0.25, 0.3) is 11.3 Å². The van der Waals surface area contributed by atoms with E-state index < -0.39 is 31.4 Å². The summed E-state index contributed by atoms with van der Waals surface area (Å²) in [4.78, 5) is 11.6. The first-order valence-electron chi connectivity index (χ1n) is 10.6. The van der Waals surface area contributed by atoms with Gasteiger partial charge in [-0.2, -0.15) is 15.5 Å². The Bertz CT molecular complexity index is 1240. The number of halogens is 1. The molecule has 2 heterocycles. The Morgan fingerprint density at radius 1 is 1.46 bits per heavy atom. The van der Waals surface area contributed by atoms with Gasteiger partial charge < -0.3 is 10.8 Å². The van der Waals surface area contributed by atoms with Crippen molar-refractivity contribution in [1.82, 2.24) is 19.6 Å². The summed E-state index contributed by atoms with van der Waals surface area (Å²) in [5.41, 5.74) is 5.86. The molecule has 0 aliphatic heterocycles. The summed E-state index contributed by atoms with van der Waals surface area (Å²) >= 11 is 6.06. The number of hydrogen-bond donors (Lipinski definition) is 2. The smallest absolute Gasteiger partial charge is 0.269 e. The number of carbonyl (C=O) groups excluding carboxylic acids is 1. The molecule has 0 aliphatic carbocycles. The molecule has 1 amide bonds. The zero-order valence-corrected chi connectivity index (χ0v) is 15.4. The third kappa shape index (κ3) is 3.91. The van der Waals surface area contributed by atoms with E-state index >= 15 is 0 Å². The summed E-state index contributed by atoms with van der Waals surface area (Å²) in [6, 6.07) is 7.09. The van der Waals surface area contributed by atoms with Crippen molar-refractivity contribution < 1.29 is 16.8 Å². The fourth-order valence-corrected chi connectivity index (χ4v) is 2.77. The largest absolute Gasteiger partial charge is 0.387 e. The summed E-state index contributed by atoms with van der Waals surface area (Å²) in [5.74, 6) is -0.959. The topological polar surface area (TPSA) is 123 Å². The van der Waals surface area contributed by atoms with E-state index in [2.05, 4.69) is 10.2 Å². The molecule has 3 N–H and O–H groups in total. The number of nitrogens with two attached hydrogens (primary N) is 1. The number of aliphatic hydroxyl groups is 1. The van der Waals surface area contributed by atoms with Crippen LogP contribution in [0.5, 0.6) is 0 Å². The fraction of sp³-hybridized carbons (Fsp3) is 0.263. The summed E-state index contributed by atoms with van der Waals surface area (Å²) in [7, 11) is 0. The molecule has 9 heteroatoms. The molecule has 2 atom stereocenters. The van der Waals surface area contributed by atoms with Crippen molar-refractivity contribution in [3.05, 3.63) is 58.5 Å². The maximum absolute atomic E-state index is 11.6. The summed E-state index contributed by atoms with van der Waals surface area (Å²) < 4.78 is 42.8. The normalized spacial score (nSPS) is 16.7. The Kier molecular flexibility index (Phi) is 3.90. The molecule has 28 heavy (non-hydrogen) atoms. The second-order valence-electron chi connectivity index (χ2n) is 5.92. The second kappa shape index (κ2) is 7.84. The molecule has 0 saturated carbocycles. The first-order chi connectivity index (χ1) is 15.3. The van der Waals surface area contributed by atoms with Gasteiger partial charge in [-0.1, -0.05) is 17.7 Å². The summed E-state index contributed by atoms with van der Waals surface area (Å²) in [5, 5.41) is 27.4. The van der Waals surface area contributed by atoms with Gasteiger partial charge in [-0.3, -0.25) is 14.2 Å². The van der Waals surface area contributed by atoms with Gasteiger partial charge in [0, 0.05) is 15.9 Å². The van der Waals surface area contributed by atoms with Crippen molar-refractivity contribution in [1.29, 1.82) is 5.26 Å². The van der Waals surface area contributed by atoms with Crippen LogP contribution in [0.15, 0.2) is 36.5 Å². The lowest BCUT2D eigenvalue weighted by Gasteiger charge is -2.17. The molecular weight excluding hydrogens is 380 g/mol. The second-order valence-corrected chi connectivity index (χ2v) is 6.33. The Morgan fingerprint density at radius 3 is 2.86 bits per heavy atom. The molecule has 0 bridgehead atoms. The quantitative estimate of drug-likeness (QED) is 0.654. The zero-order valence-electron chi connectivity index (χ0n) is 19.7. The van der Waals surface area contributed by atoms with Crippen molar-refractivity contribution in [2.75, 3.05) is 0 Å². The number of aliphatic hydroxyl groups excluding tert-OH is 1. The Morgan fingerprint density at radius 2 is 2.25 bits per heavy atom. The molecule has 0 fully saturated rings. The van der Waals surface area contributed by atoms with Gasteiger partial charge in [-0.05, 0) is 38.0 Å². The highest BCUT2D eigenvalue weighted by Crippen LogP contribution is 2.25. The monoisotopic (exact) mass is 403 g/mol. The number of hydrogen-bond acceptors (Lipinski definition) is 5. The Balaban J connectivity index is 2.12. The van der Waals surface area contributed by atoms with Crippen molar-refractivity contribution >= 4 is 17.5 Å². The van der Waals surface area contributed by atoms with Crippen molar-refractivity contribution in [2.45, 2.75) is 32.4 Å². The van der Waals surface area contributed by atoms with Gasteiger partial charge in [0.2, 0.25) is 0 Å². The average molecular weight is 404 g/mol. The van der Waals surface area contributed by atoms with E-state index in [1.165, 1.54) is 31.3 Å². The van der Waals surface area contributed by atoms with Gasteiger partial charge in [-0.25, -0.2) is 0 Å². The third-order valence-corrected chi connectivity index (χ3v) is 4.23. The van der Waals surface area contributed by atoms with Crippen LogP contribution in [0.1, 0.15) is 54.5 Å². The SMILES string of the molecule is [2H]C([2H])([2H])[C@H](n1nc(C(N)=O)cc1C(C)O)C([2H])([2H])n1ccc(-c2ccc(C#N)c(Cl)c2)n1. The number of amides is 1. The molecular formula is C19H19ClN6O2. The molecule has 1 unspecified atom stereocenters. The molecule has 0 spiro atoms. The molecule has 144 valence electrons. The molecule has 3 aromatic rings. The van der Waals surface area contributed by atoms with E-state index in [1.54, 1.807) is 6.07 Å². The van der Waals surface area contributed by atoms with Crippen LogP contribution in [-0.2, 0) is 6.50 Å². The highest BCUT2D eigenvalue weighted by Gasteiger charge is 2.19. The van der Waals surface area contributed by atoms with Crippen LogP contribution in [-0.4, -0.2) is 30.6 Å². The molecule has 0 saturated heterocycles. The minimum absolute atomic E-state index is 0.0972. The lowest BCUT2D eigenvalue weighted by Crippen LogP contribution is -2.19. The number of nitriles is 1. The molecule has 3 rings (SSSR count). The van der Waals surface area contributed by atoms with Gasteiger partial charge >= 0.3 is 0 Å². The maximum Gasteiger partial charge on any atom is 0.269 e. The average Bonchev–Trinajstić information content (AvgIpc) is 3.35. The van der Waals surface area contributed by atoms with E-state index in [1.807, 2.05) is 6.07 Å². The number of aromatic nitrogens is 4. The minimum atomic E-state index is -2.96. The number of nitrogens with zero attached hydrogens (tertiary/aromatic N) is 5. The van der Waals surface area contributed by atoms with Gasteiger partial charge in [0.25, 0.3) is 5.91 Å².